The molecule has 0 aliphatic rings. The van der Waals surface area contributed by atoms with Crippen LogP contribution >= 0.6 is 0 Å². The molecule has 0 aromatic rings. The van der Waals surface area contributed by atoms with Crippen molar-refractivity contribution >= 4 is 23.6 Å². The van der Waals surface area contributed by atoms with E-state index in [2.05, 4.69) is 48.5 Å². The van der Waals surface area contributed by atoms with Gasteiger partial charge in [-0.2, -0.15) is 0 Å². The van der Waals surface area contributed by atoms with Crippen LogP contribution in [0.1, 0.15) is 13.8 Å². The van der Waals surface area contributed by atoms with Crippen molar-refractivity contribution in [2.24, 2.45) is 0 Å². The summed E-state index contributed by atoms with van der Waals surface area (Å²) in [5, 5.41) is 0. The Labute approximate surface area is 68.5 Å². The molecule has 9 heavy (non-hydrogen) atoms. The van der Waals surface area contributed by atoms with Crippen LogP contribution in [0.5, 0.6) is 0 Å². The second-order valence-electron chi connectivity index (χ2n) is 3.34. The molecule has 0 aromatic heterocycles. The first-order chi connectivity index (χ1) is 4.02. The van der Waals surface area contributed by atoms with Crippen LogP contribution in [0.4, 0.5) is 0 Å². The van der Waals surface area contributed by atoms with Crippen molar-refractivity contribution in [3.05, 3.63) is 0 Å². The van der Waals surface area contributed by atoms with Crippen molar-refractivity contribution < 1.29 is 0 Å². The van der Waals surface area contributed by atoms with E-state index >= 15 is 0 Å². The van der Waals surface area contributed by atoms with Gasteiger partial charge in [-0.1, -0.05) is 0 Å². The standard InChI is InChI=1S/C6H16NSi.Li/c1-5-7(6-2)8(3)4;/h5-6H2,1-4H3;. The monoisotopic (exact) mass is 137 g/mol. The van der Waals surface area contributed by atoms with Crippen LogP contribution in [0.3, 0.4) is 0 Å². The van der Waals surface area contributed by atoms with Crippen molar-refractivity contribution in [2.75, 3.05) is 13.1 Å². The normalized spacial score (nSPS) is 12.8. The van der Waals surface area contributed by atoms with E-state index in [9.17, 15) is 0 Å². The molecule has 0 aromatic carbocycles. The van der Waals surface area contributed by atoms with Gasteiger partial charge < -0.3 is 0 Å². The molecule has 0 spiro atoms. The van der Waals surface area contributed by atoms with Crippen molar-refractivity contribution in [1.82, 2.24) is 4.57 Å². The number of rotatable bonds is 3. The van der Waals surface area contributed by atoms with Crippen LogP contribution in [0.2, 0.25) is 13.1 Å². The summed E-state index contributed by atoms with van der Waals surface area (Å²) in [5.41, 5.74) is 0. The molecule has 0 unspecified atom stereocenters. The molecule has 0 N–H and O–H groups in total. The molecule has 0 radical (unpaired) electrons. The molecule has 0 rings (SSSR count). The first-order valence-electron chi connectivity index (χ1n) is 3.77. The topological polar surface area (TPSA) is 3.24 Å². The molecule has 0 saturated heterocycles. The van der Waals surface area contributed by atoms with Crippen LogP contribution in [-0.2, 0) is 0 Å². The number of nitrogens with zero attached hydrogens (tertiary/aromatic N) is 1. The van der Waals surface area contributed by atoms with E-state index in [1.807, 2.05) is 0 Å². The van der Waals surface area contributed by atoms with Gasteiger partial charge in [-0.15, -0.1) is 0 Å². The third-order valence-corrected chi connectivity index (χ3v) is 4.24. The first kappa shape index (κ1) is 9.77. The maximum atomic E-state index is 2.58. The third kappa shape index (κ3) is 3.47. The predicted octanol–water partition coefficient (Wildman–Crippen LogP) is 1.20. The minimum absolute atomic E-state index is 0.953. The van der Waals surface area contributed by atoms with E-state index < -0.39 is 6.56 Å². The molecule has 0 heterocycles. The fraction of sp³-hybridized carbons (Fsp3) is 1.00. The van der Waals surface area contributed by atoms with Gasteiger partial charge >= 0.3 is 68.2 Å². The minimum atomic E-state index is -0.953. The van der Waals surface area contributed by atoms with Crippen molar-refractivity contribution in [1.29, 1.82) is 0 Å². The van der Waals surface area contributed by atoms with Gasteiger partial charge in [0.25, 0.3) is 0 Å². The average molecular weight is 137 g/mol. The fourth-order valence-corrected chi connectivity index (χ4v) is 3.07. The molecule has 3 heteroatoms. The average Bonchev–Trinajstić information content (AvgIpc) is 1.65. The zero-order chi connectivity index (χ0) is 7.49. The van der Waals surface area contributed by atoms with Gasteiger partial charge in [-0.3, -0.25) is 0 Å². The van der Waals surface area contributed by atoms with E-state index in [0.29, 0.717) is 0 Å². The third-order valence-electron chi connectivity index (χ3n) is 1.71. The fourth-order valence-electron chi connectivity index (χ4n) is 1.17. The van der Waals surface area contributed by atoms with Crippen LogP contribution in [-0.4, -0.2) is 41.2 Å². The summed E-state index contributed by atoms with van der Waals surface area (Å²) in [5.74, 6) is 0. The Morgan fingerprint density at radius 3 is 1.56 bits per heavy atom. The second-order valence-corrected chi connectivity index (χ2v) is 8.32. The van der Waals surface area contributed by atoms with E-state index in [1.54, 1.807) is 0 Å². The molecule has 0 aliphatic heterocycles. The Balaban J connectivity index is 3.79. The van der Waals surface area contributed by atoms with Gasteiger partial charge in [-0.05, 0) is 0 Å². The van der Waals surface area contributed by atoms with Crippen LogP contribution in [0.15, 0.2) is 0 Å². The molecular weight excluding hydrogens is 121 g/mol. The Morgan fingerprint density at radius 1 is 1.22 bits per heavy atom. The zero-order valence-corrected chi connectivity index (χ0v) is 8.36. The molecule has 0 bridgehead atoms. The first-order valence-corrected chi connectivity index (χ1v) is 7.22. The maximum absolute atomic E-state index is 2.58. The van der Waals surface area contributed by atoms with Crippen LogP contribution in [0.25, 0.3) is 0 Å². The molecule has 0 aliphatic carbocycles. The van der Waals surface area contributed by atoms with Crippen molar-refractivity contribution in [3.63, 3.8) is 0 Å². The Kier molecular flexibility index (Phi) is 4.15. The summed E-state index contributed by atoms with van der Waals surface area (Å²) in [4.78, 5) is 0. The summed E-state index contributed by atoms with van der Waals surface area (Å²) in [6, 6.07) is 0. The SMILES string of the molecule is [Li][Si](C)(C)N(CC)CC. The predicted molar refractivity (Wildman–Crippen MR) is 46.2 cm³/mol. The van der Waals surface area contributed by atoms with Gasteiger partial charge in [0, 0.05) is 0 Å². The molecular formula is C6H16LiNSi. The van der Waals surface area contributed by atoms with E-state index in [-0.39, 0.29) is 0 Å². The Morgan fingerprint density at radius 2 is 1.56 bits per heavy atom. The summed E-state index contributed by atoms with van der Waals surface area (Å²) in [6.45, 7) is 10.7. The van der Waals surface area contributed by atoms with Crippen molar-refractivity contribution in [2.45, 2.75) is 26.9 Å². The second kappa shape index (κ2) is 3.83. The summed E-state index contributed by atoms with van der Waals surface area (Å²) in [7, 11) is 0. The van der Waals surface area contributed by atoms with Gasteiger partial charge in [0.05, 0.1) is 0 Å². The van der Waals surface area contributed by atoms with Gasteiger partial charge in [0.2, 0.25) is 0 Å². The Hall–Kier alpha value is 0.774. The van der Waals surface area contributed by atoms with E-state index in [1.165, 1.54) is 13.1 Å². The zero-order valence-electron chi connectivity index (χ0n) is 7.36. The molecule has 0 saturated carbocycles. The van der Waals surface area contributed by atoms with Gasteiger partial charge in [0.1, 0.15) is 0 Å². The van der Waals surface area contributed by atoms with Crippen LogP contribution in [0, 0.1) is 0 Å². The summed E-state index contributed by atoms with van der Waals surface area (Å²) in [6.07, 6.45) is 0. The molecule has 0 fully saturated rings. The number of hydrogen-bond donors (Lipinski definition) is 0. The molecule has 1 nitrogen and oxygen atoms in total. The molecule has 50 valence electrons. The summed E-state index contributed by atoms with van der Waals surface area (Å²) >= 11 is 2.39. The van der Waals surface area contributed by atoms with Crippen molar-refractivity contribution in [3.8, 4) is 0 Å². The van der Waals surface area contributed by atoms with Gasteiger partial charge in [-0.25, -0.2) is 0 Å². The van der Waals surface area contributed by atoms with E-state index in [4.69, 9.17) is 0 Å². The quantitative estimate of drug-likeness (QED) is 0.528. The van der Waals surface area contributed by atoms with Gasteiger partial charge in [0.15, 0.2) is 0 Å². The Bertz CT molecular complexity index is 75.6. The molecule has 0 amide bonds. The van der Waals surface area contributed by atoms with Crippen LogP contribution < -0.4 is 0 Å². The molecule has 0 atom stereocenters. The summed E-state index contributed by atoms with van der Waals surface area (Å²) < 4.78 is 2.58. The number of hydrogen-bond acceptors (Lipinski definition) is 1. The van der Waals surface area contributed by atoms with E-state index in [0.717, 1.165) is 0 Å².